The predicted octanol–water partition coefficient (Wildman–Crippen LogP) is 4.27. The predicted molar refractivity (Wildman–Crippen MR) is 101 cm³/mol. The van der Waals surface area contributed by atoms with Gasteiger partial charge in [-0.2, -0.15) is 0 Å². The van der Waals surface area contributed by atoms with E-state index in [0.29, 0.717) is 16.3 Å². The van der Waals surface area contributed by atoms with Crippen LogP contribution < -0.4 is 4.74 Å². The fourth-order valence-electron chi connectivity index (χ4n) is 2.36. The number of Topliss-reactive ketones (excluding diaryl/α,β-unsaturated/α-hetero) is 1. The van der Waals surface area contributed by atoms with Crippen molar-refractivity contribution in [3.8, 4) is 5.75 Å². The van der Waals surface area contributed by atoms with E-state index in [-0.39, 0.29) is 17.2 Å². The molecule has 0 spiro atoms. The van der Waals surface area contributed by atoms with E-state index in [4.69, 9.17) is 16.3 Å². The second kappa shape index (κ2) is 7.76. The summed E-state index contributed by atoms with van der Waals surface area (Å²) in [5, 5.41) is 0.0483. The van der Waals surface area contributed by atoms with Crippen molar-refractivity contribution in [1.82, 2.24) is 4.90 Å². The van der Waals surface area contributed by atoms with E-state index >= 15 is 0 Å². The van der Waals surface area contributed by atoms with Gasteiger partial charge >= 0.3 is 0 Å². The zero-order chi connectivity index (χ0) is 18.7. The number of nitrogens with zero attached hydrogens (tertiary/aromatic N) is 1. The highest BCUT2D eigenvalue weighted by atomic mass is 35.5. The molecule has 1 aliphatic rings. The first-order valence-corrected chi connectivity index (χ1v) is 8.85. The number of halogens is 1. The second-order valence-electron chi connectivity index (χ2n) is 5.47. The Bertz CT molecular complexity index is 891. The molecule has 2 amide bonds. The number of rotatable bonds is 5. The van der Waals surface area contributed by atoms with Crippen LogP contribution in [-0.4, -0.2) is 35.5 Å². The molecule has 0 radical (unpaired) electrons. The number of thioether (sulfide) groups is 1. The van der Waals surface area contributed by atoms with Gasteiger partial charge in [-0.3, -0.25) is 19.3 Å². The van der Waals surface area contributed by atoms with E-state index < -0.39 is 11.1 Å². The van der Waals surface area contributed by atoms with Gasteiger partial charge in [0, 0.05) is 10.6 Å². The van der Waals surface area contributed by atoms with Crippen LogP contribution in [0.25, 0.3) is 6.08 Å². The molecule has 0 bridgehead atoms. The summed E-state index contributed by atoms with van der Waals surface area (Å²) in [6, 6.07) is 13.4. The monoisotopic (exact) mass is 387 g/mol. The molecule has 26 heavy (non-hydrogen) atoms. The van der Waals surface area contributed by atoms with Crippen molar-refractivity contribution in [1.29, 1.82) is 0 Å². The lowest BCUT2D eigenvalue weighted by Gasteiger charge is -2.11. The molecule has 1 aliphatic heterocycles. The van der Waals surface area contributed by atoms with Crippen molar-refractivity contribution in [2.45, 2.75) is 0 Å². The number of ether oxygens (including phenoxy) is 1. The average molecular weight is 388 g/mol. The van der Waals surface area contributed by atoms with Crippen molar-refractivity contribution >= 4 is 46.4 Å². The topological polar surface area (TPSA) is 63.7 Å². The van der Waals surface area contributed by atoms with Gasteiger partial charge < -0.3 is 4.74 Å². The van der Waals surface area contributed by atoms with Gasteiger partial charge in [0.15, 0.2) is 5.78 Å². The third-order valence-electron chi connectivity index (χ3n) is 3.76. The minimum Gasteiger partial charge on any atom is -0.497 e. The molecule has 0 unspecified atom stereocenters. The van der Waals surface area contributed by atoms with E-state index in [1.54, 1.807) is 61.7 Å². The molecule has 3 rings (SSSR count). The maximum atomic E-state index is 12.5. The van der Waals surface area contributed by atoms with Crippen LogP contribution in [0, 0.1) is 0 Å². The van der Waals surface area contributed by atoms with Crippen LogP contribution >= 0.6 is 23.4 Å². The van der Waals surface area contributed by atoms with Crippen molar-refractivity contribution in [3.05, 3.63) is 69.6 Å². The summed E-state index contributed by atoms with van der Waals surface area (Å²) in [6.45, 7) is -0.299. The molecule has 1 fully saturated rings. The first-order valence-electron chi connectivity index (χ1n) is 7.66. The molecule has 0 N–H and O–H groups in total. The third-order valence-corrected chi connectivity index (χ3v) is 4.91. The summed E-state index contributed by atoms with van der Waals surface area (Å²) in [7, 11) is 1.57. The molecule has 132 valence electrons. The number of methoxy groups -OCH3 is 1. The number of hydrogen-bond acceptors (Lipinski definition) is 5. The first kappa shape index (κ1) is 18.2. The molecule has 0 atom stereocenters. The number of amides is 2. The van der Waals surface area contributed by atoms with Crippen LogP contribution in [0.5, 0.6) is 5.75 Å². The minimum atomic E-state index is -0.474. The standard InChI is InChI=1S/C19H14ClNO4S/c1-25-15-8-2-12(3-9-15)10-17-18(23)21(19(24)26-17)11-16(22)13-4-6-14(20)7-5-13/h2-10H,11H2,1H3/b17-10-. The number of carbonyl (C=O) groups excluding carboxylic acids is 3. The largest absolute Gasteiger partial charge is 0.497 e. The van der Waals surface area contributed by atoms with Crippen LogP contribution in [0.4, 0.5) is 4.79 Å². The van der Waals surface area contributed by atoms with Gasteiger partial charge in [-0.15, -0.1) is 0 Å². The smallest absolute Gasteiger partial charge is 0.293 e. The lowest BCUT2D eigenvalue weighted by Crippen LogP contribution is -2.33. The van der Waals surface area contributed by atoms with Crippen LogP contribution in [-0.2, 0) is 4.79 Å². The number of hydrogen-bond donors (Lipinski definition) is 0. The number of benzene rings is 2. The summed E-state index contributed by atoms with van der Waals surface area (Å²) in [5.74, 6) is -0.100. The lowest BCUT2D eigenvalue weighted by atomic mass is 10.1. The van der Waals surface area contributed by atoms with E-state index in [0.717, 1.165) is 22.2 Å². The van der Waals surface area contributed by atoms with Crippen LogP contribution in [0.15, 0.2) is 53.4 Å². The average Bonchev–Trinajstić information content (AvgIpc) is 2.90. The van der Waals surface area contributed by atoms with Crippen molar-refractivity contribution in [2.24, 2.45) is 0 Å². The van der Waals surface area contributed by atoms with E-state index in [1.165, 1.54) is 0 Å². The summed E-state index contributed by atoms with van der Waals surface area (Å²) in [4.78, 5) is 38.2. The summed E-state index contributed by atoms with van der Waals surface area (Å²) >= 11 is 6.62. The Morgan fingerprint density at radius 2 is 1.77 bits per heavy atom. The molecular formula is C19H14ClNO4S. The maximum Gasteiger partial charge on any atom is 0.293 e. The van der Waals surface area contributed by atoms with Gasteiger partial charge in [0.2, 0.25) is 0 Å². The molecule has 0 aliphatic carbocycles. The zero-order valence-electron chi connectivity index (χ0n) is 13.8. The quantitative estimate of drug-likeness (QED) is 0.566. The molecule has 0 saturated carbocycles. The Balaban J connectivity index is 1.74. The SMILES string of the molecule is COc1ccc(/C=C2\SC(=O)N(CC(=O)c3ccc(Cl)cc3)C2=O)cc1. The summed E-state index contributed by atoms with van der Waals surface area (Å²) < 4.78 is 5.09. The fourth-order valence-corrected chi connectivity index (χ4v) is 3.32. The van der Waals surface area contributed by atoms with Gasteiger partial charge in [0.1, 0.15) is 5.75 Å². The Hall–Kier alpha value is -2.57. The maximum absolute atomic E-state index is 12.5. The molecular weight excluding hydrogens is 374 g/mol. The molecule has 1 saturated heterocycles. The fraction of sp³-hybridized carbons (Fsp3) is 0.105. The van der Waals surface area contributed by atoms with Gasteiger partial charge in [0.25, 0.3) is 11.1 Å². The minimum absolute atomic E-state index is 0.282. The van der Waals surface area contributed by atoms with Crippen LogP contribution in [0.1, 0.15) is 15.9 Å². The number of ketones is 1. The second-order valence-corrected chi connectivity index (χ2v) is 6.90. The summed E-state index contributed by atoms with van der Waals surface area (Å²) in [6.07, 6.45) is 1.62. The molecule has 0 aromatic heterocycles. The Morgan fingerprint density at radius 3 is 2.38 bits per heavy atom. The van der Waals surface area contributed by atoms with Crippen molar-refractivity contribution < 1.29 is 19.1 Å². The van der Waals surface area contributed by atoms with Gasteiger partial charge in [-0.1, -0.05) is 23.7 Å². The third kappa shape index (κ3) is 3.98. The number of carbonyl (C=O) groups is 3. The highest BCUT2D eigenvalue weighted by Gasteiger charge is 2.36. The van der Waals surface area contributed by atoms with Gasteiger partial charge in [-0.05, 0) is 59.8 Å². The zero-order valence-corrected chi connectivity index (χ0v) is 15.3. The molecule has 7 heteroatoms. The highest BCUT2D eigenvalue weighted by Crippen LogP contribution is 2.32. The van der Waals surface area contributed by atoms with Gasteiger partial charge in [0.05, 0.1) is 18.6 Å². The van der Waals surface area contributed by atoms with E-state index in [9.17, 15) is 14.4 Å². The van der Waals surface area contributed by atoms with Crippen LogP contribution in [0.2, 0.25) is 5.02 Å². The van der Waals surface area contributed by atoms with E-state index in [2.05, 4.69) is 0 Å². The first-order chi connectivity index (χ1) is 12.5. The lowest BCUT2D eigenvalue weighted by molar-refractivity contribution is -0.122. The van der Waals surface area contributed by atoms with Crippen molar-refractivity contribution in [2.75, 3.05) is 13.7 Å². The molecule has 5 nitrogen and oxygen atoms in total. The summed E-state index contributed by atoms with van der Waals surface area (Å²) in [5.41, 5.74) is 1.16. The molecule has 2 aromatic rings. The highest BCUT2D eigenvalue weighted by molar-refractivity contribution is 8.18. The Kier molecular flexibility index (Phi) is 5.44. The molecule has 1 heterocycles. The Labute approximate surface area is 159 Å². The normalized spacial score (nSPS) is 15.6. The van der Waals surface area contributed by atoms with E-state index in [1.807, 2.05) is 0 Å². The number of imide groups is 1. The van der Waals surface area contributed by atoms with Crippen molar-refractivity contribution in [3.63, 3.8) is 0 Å². The van der Waals surface area contributed by atoms with Gasteiger partial charge in [-0.25, -0.2) is 0 Å². The molecule has 2 aromatic carbocycles. The van der Waals surface area contributed by atoms with Crippen LogP contribution in [0.3, 0.4) is 0 Å². The Morgan fingerprint density at radius 1 is 1.12 bits per heavy atom.